The van der Waals surface area contributed by atoms with E-state index < -0.39 is 5.97 Å². The molecule has 1 aromatic rings. The van der Waals surface area contributed by atoms with Gasteiger partial charge in [0.05, 0.1) is 5.92 Å². The first kappa shape index (κ1) is 10.6. The molecule has 3 nitrogen and oxygen atoms in total. The summed E-state index contributed by atoms with van der Waals surface area (Å²) in [7, 11) is 0. The lowest BCUT2D eigenvalue weighted by atomic mass is 9.77. The number of hydrogen-bond donors (Lipinski definition) is 1. The highest BCUT2D eigenvalue weighted by molar-refractivity contribution is 5.76. The Morgan fingerprint density at radius 2 is 2.18 bits per heavy atom. The monoisotopic (exact) mass is 231 g/mol. The first-order valence-electron chi connectivity index (χ1n) is 6.28. The summed E-state index contributed by atoms with van der Waals surface area (Å²) in [6, 6.07) is 8.44. The fourth-order valence-electron chi connectivity index (χ4n) is 3.50. The van der Waals surface area contributed by atoms with Crippen LogP contribution in [0.1, 0.15) is 31.2 Å². The number of carboxylic acid groups (broad SMARTS) is 1. The molecule has 1 aromatic carbocycles. The van der Waals surface area contributed by atoms with Crippen molar-refractivity contribution in [3.8, 4) is 0 Å². The van der Waals surface area contributed by atoms with E-state index >= 15 is 0 Å². The zero-order valence-corrected chi connectivity index (χ0v) is 9.97. The largest absolute Gasteiger partial charge is 0.481 e. The van der Waals surface area contributed by atoms with Crippen LogP contribution in [0.25, 0.3) is 0 Å². The van der Waals surface area contributed by atoms with Crippen LogP contribution in [0, 0.1) is 5.92 Å². The van der Waals surface area contributed by atoms with Crippen molar-refractivity contribution >= 4 is 11.7 Å². The van der Waals surface area contributed by atoms with Crippen LogP contribution in [-0.2, 0) is 4.79 Å². The summed E-state index contributed by atoms with van der Waals surface area (Å²) in [6.07, 6.45) is 2.12. The number of anilines is 1. The topological polar surface area (TPSA) is 40.5 Å². The average molecular weight is 231 g/mol. The van der Waals surface area contributed by atoms with Gasteiger partial charge in [-0.1, -0.05) is 25.1 Å². The number of fused-ring (bicyclic) bond motifs is 3. The molecule has 2 heterocycles. The van der Waals surface area contributed by atoms with Crippen molar-refractivity contribution in [2.75, 3.05) is 11.4 Å². The number of benzene rings is 1. The number of rotatable bonds is 1. The zero-order chi connectivity index (χ0) is 12.0. The molecule has 1 fully saturated rings. The number of para-hydroxylation sites is 1. The van der Waals surface area contributed by atoms with Gasteiger partial charge in [-0.05, 0) is 30.4 Å². The van der Waals surface area contributed by atoms with Gasteiger partial charge in [0.25, 0.3) is 0 Å². The normalized spacial score (nSPS) is 30.9. The van der Waals surface area contributed by atoms with E-state index in [-0.39, 0.29) is 17.9 Å². The zero-order valence-electron chi connectivity index (χ0n) is 9.97. The first-order valence-corrected chi connectivity index (χ1v) is 6.28. The van der Waals surface area contributed by atoms with E-state index in [0.717, 1.165) is 19.4 Å². The Morgan fingerprint density at radius 1 is 1.41 bits per heavy atom. The number of hydrogen-bond acceptors (Lipinski definition) is 2. The molecule has 1 N–H and O–H groups in total. The van der Waals surface area contributed by atoms with Crippen molar-refractivity contribution in [3.05, 3.63) is 29.8 Å². The molecule has 17 heavy (non-hydrogen) atoms. The Kier molecular flexibility index (Phi) is 2.35. The van der Waals surface area contributed by atoms with E-state index in [1.807, 2.05) is 19.1 Å². The second-order valence-electron chi connectivity index (χ2n) is 5.11. The number of aliphatic carboxylic acids is 1. The molecule has 0 aromatic heterocycles. The van der Waals surface area contributed by atoms with Crippen molar-refractivity contribution in [1.82, 2.24) is 0 Å². The maximum absolute atomic E-state index is 11.5. The fourth-order valence-corrected chi connectivity index (χ4v) is 3.50. The summed E-state index contributed by atoms with van der Waals surface area (Å²) >= 11 is 0. The van der Waals surface area contributed by atoms with Gasteiger partial charge < -0.3 is 10.0 Å². The van der Waals surface area contributed by atoms with Crippen molar-refractivity contribution < 1.29 is 9.90 Å². The number of carboxylic acids is 1. The summed E-state index contributed by atoms with van der Waals surface area (Å²) in [5.74, 6) is -0.792. The maximum Gasteiger partial charge on any atom is 0.309 e. The fraction of sp³-hybridized carbons (Fsp3) is 0.500. The Morgan fingerprint density at radius 3 is 2.94 bits per heavy atom. The van der Waals surface area contributed by atoms with Gasteiger partial charge in [-0.15, -0.1) is 0 Å². The predicted molar refractivity (Wildman–Crippen MR) is 66.4 cm³/mol. The van der Waals surface area contributed by atoms with Crippen LogP contribution in [-0.4, -0.2) is 23.7 Å². The van der Waals surface area contributed by atoms with Gasteiger partial charge in [-0.2, -0.15) is 0 Å². The second-order valence-corrected chi connectivity index (χ2v) is 5.11. The van der Waals surface area contributed by atoms with E-state index in [4.69, 9.17) is 0 Å². The predicted octanol–water partition coefficient (Wildman–Crippen LogP) is 2.47. The van der Waals surface area contributed by atoms with Crippen LogP contribution in [0.3, 0.4) is 0 Å². The lowest BCUT2D eigenvalue weighted by Gasteiger charge is -2.41. The third-order valence-electron chi connectivity index (χ3n) is 4.27. The molecule has 2 aliphatic rings. The summed E-state index contributed by atoms with van der Waals surface area (Å²) in [6.45, 7) is 3.05. The molecule has 3 rings (SSSR count). The molecule has 90 valence electrons. The minimum Gasteiger partial charge on any atom is -0.481 e. The first-order chi connectivity index (χ1) is 8.20. The van der Waals surface area contributed by atoms with Gasteiger partial charge in [-0.3, -0.25) is 4.79 Å². The number of carbonyl (C=O) groups is 1. The lowest BCUT2D eigenvalue weighted by molar-refractivity contribution is -0.143. The highest BCUT2D eigenvalue weighted by atomic mass is 16.4. The molecule has 2 aliphatic heterocycles. The smallest absolute Gasteiger partial charge is 0.309 e. The summed E-state index contributed by atoms with van der Waals surface area (Å²) in [4.78, 5) is 13.8. The minimum atomic E-state index is -0.649. The minimum absolute atomic E-state index is 0.114. The molecule has 0 aliphatic carbocycles. The van der Waals surface area contributed by atoms with Gasteiger partial charge in [0.15, 0.2) is 0 Å². The van der Waals surface area contributed by atoms with E-state index in [1.54, 1.807) is 0 Å². The Bertz CT molecular complexity index is 457. The quantitative estimate of drug-likeness (QED) is 0.807. The third-order valence-corrected chi connectivity index (χ3v) is 4.27. The van der Waals surface area contributed by atoms with E-state index in [0.29, 0.717) is 0 Å². The van der Waals surface area contributed by atoms with Crippen LogP contribution in [0.15, 0.2) is 24.3 Å². The molecule has 0 radical (unpaired) electrons. The summed E-state index contributed by atoms with van der Waals surface area (Å²) in [5, 5.41) is 9.45. The van der Waals surface area contributed by atoms with Gasteiger partial charge in [0.1, 0.15) is 0 Å². The molecular weight excluding hydrogens is 214 g/mol. The van der Waals surface area contributed by atoms with Gasteiger partial charge >= 0.3 is 5.97 Å². The molecule has 3 atom stereocenters. The number of nitrogens with zero attached hydrogens (tertiary/aromatic N) is 1. The van der Waals surface area contributed by atoms with Crippen molar-refractivity contribution in [2.24, 2.45) is 5.92 Å². The molecule has 0 saturated carbocycles. The van der Waals surface area contributed by atoms with Crippen LogP contribution < -0.4 is 4.90 Å². The highest BCUT2D eigenvalue weighted by Gasteiger charge is 2.44. The van der Waals surface area contributed by atoms with Crippen LogP contribution in [0.5, 0.6) is 0 Å². The lowest BCUT2D eigenvalue weighted by Crippen LogP contribution is -2.46. The van der Waals surface area contributed by atoms with Gasteiger partial charge in [0.2, 0.25) is 0 Å². The Hall–Kier alpha value is -1.51. The van der Waals surface area contributed by atoms with E-state index in [2.05, 4.69) is 17.0 Å². The standard InChI is InChI=1S/C14H17NO2/c1-9-10-5-2-3-6-11(10)15-8-4-7-12(15)13(9)14(16)17/h2-3,5-6,9,12-13H,4,7-8H2,1H3,(H,16,17)/t9?,12-,13-/m1/s1. The third kappa shape index (κ3) is 1.45. The van der Waals surface area contributed by atoms with Crippen LogP contribution in [0.2, 0.25) is 0 Å². The molecule has 0 amide bonds. The molecule has 1 unspecified atom stereocenters. The average Bonchev–Trinajstić information content (AvgIpc) is 2.78. The maximum atomic E-state index is 11.5. The summed E-state index contributed by atoms with van der Waals surface area (Å²) in [5.41, 5.74) is 2.44. The molecule has 0 bridgehead atoms. The van der Waals surface area contributed by atoms with E-state index in [9.17, 15) is 9.90 Å². The molecule has 0 spiro atoms. The van der Waals surface area contributed by atoms with Gasteiger partial charge in [-0.25, -0.2) is 0 Å². The molecule has 3 heteroatoms. The van der Waals surface area contributed by atoms with E-state index in [1.165, 1.54) is 11.3 Å². The van der Waals surface area contributed by atoms with Crippen molar-refractivity contribution in [2.45, 2.75) is 31.7 Å². The van der Waals surface area contributed by atoms with Crippen LogP contribution in [0.4, 0.5) is 5.69 Å². The van der Waals surface area contributed by atoms with Gasteiger partial charge in [0, 0.05) is 18.3 Å². The second kappa shape index (κ2) is 3.76. The highest BCUT2D eigenvalue weighted by Crippen LogP contribution is 2.45. The van der Waals surface area contributed by atoms with Crippen LogP contribution >= 0.6 is 0 Å². The molecular formula is C14H17NO2. The summed E-state index contributed by atoms with van der Waals surface area (Å²) < 4.78 is 0. The SMILES string of the molecule is CC1c2ccccc2N2CCC[C@@H]2[C@@H]1C(=O)O. The Labute approximate surface area is 101 Å². The molecule has 1 saturated heterocycles. The van der Waals surface area contributed by atoms with Crippen molar-refractivity contribution in [1.29, 1.82) is 0 Å². The van der Waals surface area contributed by atoms with Crippen molar-refractivity contribution in [3.63, 3.8) is 0 Å². The Balaban J connectivity index is 2.12.